The quantitative estimate of drug-likeness (QED) is 0.803. The first-order chi connectivity index (χ1) is 9.47. The highest BCUT2D eigenvalue weighted by Gasteiger charge is 2.06. The second-order valence-electron chi connectivity index (χ2n) is 4.04. The molecule has 0 aliphatic rings. The molecule has 0 heterocycles. The summed E-state index contributed by atoms with van der Waals surface area (Å²) in [6.45, 7) is 0.314. The smallest absolute Gasteiger partial charge is 0.121 e. The van der Waals surface area contributed by atoms with Crippen molar-refractivity contribution in [3.63, 3.8) is 0 Å². The lowest BCUT2D eigenvalue weighted by atomic mass is 10.1. The molecule has 2 aromatic carbocycles. The number of halogens is 3. The van der Waals surface area contributed by atoms with Gasteiger partial charge in [0.25, 0.3) is 0 Å². The zero-order valence-electron chi connectivity index (χ0n) is 10.2. The number of ether oxygens (including phenoxy) is 1. The van der Waals surface area contributed by atoms with Crippen LogP contribution in [0.1, 0.15) is 11.1 Å². The minimum Gasteiger partial charge on any atom is -0.489 e. The van der Waals surface area contributed by atoms with E-state index < -0.39 is 0 Å². The van der Waals surface area contributed by atoms with E-state index in [2.05, 4.69) is 0 Å². The molecule has 0 fully saturated rings. The lowest BCUT2D eigenvalue weighted by Crippen LogP contribution is -2.09. The van der Waals surface area contributed by atoms with E-state index in [9.17, 15) is 0 Å². The minimum absolute atomic E-state index is 0.309. The summed E-state index contributed by atoms with van der Waals surface area (Å²) in [7, 11) is 0. The first kappa shape index (κ1) is 15.4. The molecule has 0 bridgehead atoms. The van der Waals surface area contributed by atoms with Gasteiger partial charge in [-0.3, -0.25) is 0 Å². The first-order valence-corrected chi connectivity index (χ1v) is 7.17. The van der Waals surface area contributed by atoms with Crippen LogP contribution in [0.15, 0.2) is 36.4 Å². The van der Waals surface area contributed by atoms with E-state index in [1.807, 2.05) is 12.1 Å². The van der Waals surface area contributed by atoms with Gasteiger partial charge in [-0.05, 0) is 18.2 Å². The maximum absolute atomic E-state index is 6.15. The highest BCUT2D eigenvalue weighted by Crippen LogP contribution is 2.27. The monoisotopic (exact) mass is 345 g/mol. The van der Waals surface area contributed by atoms with Crippen LogP contribution >= 0.6 is 47.0 Å². The van der Waals surface area contributed by atoms with Crippen molar-refractivity contribution in [3.8, 4) is 5.75 Å². The Kier molecular flexibility index (Phi) is 5.11. The Hall–Kier alpha value is -1.000. The molecule has 0 unspecified atom stereocenters. The summed E-state index contributed by atoms with van der Waals surface area (Å²) in [6.07, 6.45) is 0. The van der Waals surface area contributed by atoms with Crippen LogP contribution in [0.3, 0.4) is 0 Å². The third-order valence-electron chi connectivity index (χ3n) is 2.62. The van der Waals surface area contributed by atoms with Crippen molar-refractivity contribution >= 4 is 52.0 Å². The van der Waals surface area contributed by atoms with Gasteiger partial charge in [0.05, 0.1) is 10.0 Å². The third kappa shape index (κ3) is 3.76. The zero-order chi connectivity index (χ0) is 14.7. The van der Waals surface area contributed by atoms with Gasteiger partial charge in [-0.1, -0.05) is 59.2 Å². The molecule has 0 saturated heterocycles. The van der Waals surface area contributed by atoms with E-state index in [0.717, 1.165) is 11.1 Å². The predicted molar refractivity (Wildman–Crippen MR) is 88.1 cm³/mol. The van der Waals surface area contributed by atoms with Crippen molar-refractivity contribution in [2.24, 2.45) is 5.73 Å². The maximum Gasteiger partial charge on any atom is 0.121 e. The normalized spacial score (nSPS) is 10.3. The minimum atomic E-state index is 0.309. The Labute approximate surface area is 137 Å². The molecular weight excluding hydrogens is 337 g/mol. The average Bonchev–Trinajstić information content (AvgIpc) is 2.41. The van der Waals surface area contributed by atoms with Crippen LogP contribution in [0, 0.1) is 0 Å². The van der Waals surface area contributed by atoms with Gasteiger partial charge in [0.2, 0.25) is 0 Å². The summed E-state index contributed by atoms with van der Waals surface area (Å²) >= 11 is 22.8. The fourth-order valence-electron chi connectivity index (χ4n) is 1.55. The van der Waals surface area contributed by atoms with Crippen molar-refractivity contribution in [1.29, 1.82) is 0 Å². The van der Waals surface area contributed by atoms with Crippen LogP contribution in [0.25, 0.3) is 0 Å². The fourth-order valence-corrected chi connectivity index (χ4v) is 2.20. The van der Waals surface area contributed by atoms with Gasteiger partial charge in [-0.15, -0.1) is 0 Å². The SMILES string of the molecule is NC(=S)c1ccc(COc2ccc(Cl)c(Cl)c2)c(Cl)c1. The fraction of sp³-hybridized carbons (Fsp3) is 0.0714. The molecule has 2 rings (SSSR count). The first-order valence-electron chi connectivity index (χ1n) is 5.63. The summed E-state index contributed by atoms with van der Waals surface area (Å²) in [6, 6.07) is 10.4. The van der Waals surface area contributed by atoms with Crippen LogP contribution in [-0.2, 0) is 6.61 Å². The second-order valence-corrected chi connectivity index (χ2v) is 5.70. The van der Waals surface area contributed by atoms with Crippen LogP contribution < -0.4 is 10.5 Å². The van der Waals surface area contributed by atoms with E-state index in [1.54, 1.807) is 24.3 Å². The summed E-state index contributed by atoms with van der Waals surface area (Å²) in [5.41, 5.74) is 7.10. The number of nitrogens with two attached hydrogens (primary N) is 1. The predicted octanol–water partition coefficient (Wildman–Crippen LogP) is 4.86. The standard InChI is InChI=1S/C14H10Cl3NOS/c15-11-4-3-10(6-13(11)17)19-7-9-2-1-8(14(18)20)5-12(9)16/h1-6H,7H2,(H2,18,20). The Bertz CT molecular complexity index is 661. The molecule has 2 N–H and O–H groups in total. The molecular formula is C14H10Cl3NOS. The van der Waals surface area contributed by atoms with E-state index in [1.165, 1.54) is 0 Å². The highest BCUT2D eigenvalue weighted by molar-refractivity contribution is 7.80. The van der Waals surface area contributed by atoms with Gasteiger partial charge in [0.1, 0.15) is 17.3 Å². The molecule has 0 aliphatic carbocycles. The largest absolute Gasteiger partial charge is 0.489 e. The number of benzene rings is 2. The zero-order valence-corrected chi connectivity index (χ0v) is 13.3. The lowest BCUT2D eigenvalue weighted by molar-refractivity contribution is 0.306. The van der Waals surface area contributed by atoms with Gasteiger partial charge in [0.15, 0.2) is 0 Å². The molecule has 2 nitrogen and oxygen atoms in total. The number of thiocarbonyl (C=S) groups is 1. The topological polar surface area (TPSA) is 35.2 Å². The number of rotatable bonds is 4. The summed E-state index contributed by atoms with van der Waals surface area (Å²) in [4.78, 5) is 0.309. The van der Waals surface area contributed by atoms with Crippen molar-refractivity contribution < 1.29 is 4.74 Å². The third-order valence-corrected chi connectivity index (χ3v) is 3.95. The average molecular weight is 347 g/mol. The molecule has 0 radical (unpaired) electrons. The molecule has 0 saturated carbocycles. The summed E-state index contributed by atoms with van der Waals surface area (Å²) in [5, 5.41) is 1.48. The van der Waals surface area contributed by atoms with Gasteiger partial charge < -0.3 is 10.5 Å². The molecule has 104 valence electrons. The van der Waals surface area contributed by atoms with E-state index in [-0.39, 0.29) is 0 Å². The molecule has 2 aromatic rings. The Balaban J connectivity index is 2.10. The number of hydrogen-bond donors (Lipinski definition) is 1. The van der Waals surface area contributed by atoms with Gasteiger partial charge in [-0.25, -0.2) is 0 Å². The van der Waals surface area contributed by atoms with E-state index >= 15 is 0 Å². The summed E-state index contributed by atoms with van der Waals surface area (Å²) in [5.74, 6) is 0.619. The van der Waals surface area contributed by atoms with E-state index in [4.69, 9.17) is 57.5 Å². The van der Waals surface area contributed by atoms with Crippen molar-refractivity contribution in [1.82, 2.24) is 0 Å². The number of hydrogen-bond acceptors (Lipinski definition) is 2. The molecule has 6 heteroatoms. The molecule has 20 heavy (non-hydrogen) atoms. The second kappa shape index (κ2) is 6.64. The van der Waals surface area contributed by atoms with Crippen LogP contribution in [0.2, 0.25) is 15.1 Å². The van der Waals surface area contributed by atoms with Crippen LogP contribution in [0.4, 0.5) is 0 Å². The van der Waals surface area contributed by atoms with Crippen molar-refractivity contribution in [2.75, 3.05) is 0 Å². The van der Waals surface area contributed by atoms with Crippen LogP contribution in [0.5, 0.6) is 5.75 Å². The molecule has 0 atom stereocenters. The Morgan fingerprint density at radius 3 is 2.35 bits per heavy atom. The van der Waals surface area contributed by atoms with Crippen molar-refractivity contribution in [2.45, 2.75) is 6.61 Å². The van der Waals surface area contributed by atoms with Gasteiger partial charge in [0, 0.05) is 22.2 Å². The van der Waals surface area contributed by atoms with Gasteiger partial charge in [-0.2, -0.15) is 0 Å². The Morgan fingerprint density at radius 2 is 1.75 bits per heavy atom. The molecule has 0 aromatic heterocycles. The van der Waals surface area contributed by atoms with E-state index in [0.29, 0.717) is 32.4 Å². The molecule has 0 aliphatic heterocycles. The maximum atomic E-state index is 6.15. The molecule has 0 spiro atoms. The Morgan fingerprint density at radius 1 is 1.00 bits per heavy atom. The van der Waals surface area contributed by atoms with Gasteiger partial charge >= 0.3 is 0 Å². The van der Waals surface area contributed by atoms with Crippen molar-refractivity contribution in [3.05, 3.63) is 62.6 Å². The highest BCUT2D eigenvalue weighted by atomic mass is 35.5. The lowest BCUT2D eigenvalue weighted by Gasteiger charge is -2.09. The van der Waals surface area contributed by atoms with Crippen LogP contribution in [-0.4, -0.2) is 4.99 Å². The molecule has 0 amide bonds. The summed E-state index contributed by atoms with van der Waals surface area (Å²) < 4.78 is 5.62.